The van der Waals surface area contributed by atoms with Crippen LogP contribution < -0.4 is 5.32 Å². The second-order valence-electron chi connectivity index (χ2n) is 6.68. The maximum Gasteiger partial charge on any atom is 0.305 e. The van der Waals surface area contributed by atoms with E-state index in [1.807, 2.05) is 52.8 Å². The third-order valence-electron chi connectivity index (χ3n) is 3.70. The van der Waals surface area contributed by atoms with Gasteiger partial charge in [-0.25, -0.2) is 0 Å². The molecule has 0 heterocycles. The number of carboxylic acid groups (broad SMARTS) is 1. The molecule has 1 amide bonds. The summed E-state index contributed by atoms with van der Waals surface area (Å²) in [5, 5.41) is 11.8. The van der Waals surface area contributed by atoms with Gasteiger partial charge in [0.15, 0.2) is 0 Å². The van der Waals surface area contributed by atoms with Crippen LogP contribution in [0.1, 0.15) is 43.9 Å². The summed E-state index contributed by atoms with van der Waals surface area (Å²) in [6, 6.07) is 5.55. The third-order valence-corrected chi connectivity index (χ3v) is 3.70. The standard InChI is InChI=1S/C17H25NO3/c1-11-6-7-13(8-12(11)2)9-15(19)18-14(10-16(20)21)17(3,4)5/h6-8,14H,9-10H2,1-5H3,(H,18,19)(H,20,21). The molecule has 1 unspecified atom stereocenters. The van der Waals surface area contributed by atoms with Crippen LogP contribution in [0.25, 0.3) is 0 Å². The molecule has 0 aliphatic carbocycles. The van der Waals surface area contributed by atoms with E-state index in [0.717, 1.165) is 11.1 Å². The molecule has 1 rings (SSSR count). The molecule has 116 valence electrons. The summed E-state index contributed by atoms with van der Waals surface area (Å²) in [4.78, 5) is 23.1. The first-order valence-corrected chi connectivity index (χ1v) is 7.17. The SMILES string of the molecule is Cc1ccc(CC(=O)NC(CC(=O)O)C(C)(C)C)cc1C. The van der Waals surface area contributed by atoms with E-state index in [9.17, 15) is 9.59 Å². The Kier molecular flexibility index (Phi) is 5.53. The molecule has 0 fully saturated rings. The molecule has 0 spiro atoms. The highest BCUT2D eigenvalue weighted by Gasteiger charge is 2.28. The number of amides is 1. The largest absolute Gasteiger partial charge is 0.481 e. The third kappa shape index (κ3) is 5.58. The molecule has 0 aliphatic rings. The minimum absolute atomic E-state index is 0.0673. The molecule has 1 aromatic rings. The summed E-state index contributed by atoms with van der Waals surface area (Å²) in [6.45, 7) is 9.82. The lowest BCUT2D eigenvalue weighted by atomic mass is 9.84. The topological polar surface area (TPSA) is 66.4 Å². The molecule has 0 radical (unpaired) electrons. The van der Waals surface area contributed by atoms with Gasteiger partial charge in [0.2, 0.25) is 5.91 Å². The molecule has 0 saturated carbocycles. The van der Waals surface area contributed by atoms with Crippen LogP contribution in [0.15, 0.2) is 18.2 Å². The normalized spacial score (nSPS) is 12.8. The van der Waals surface area contributed by atoms with Gasteiger partial charge < -0.3 is 10.4 Å². The summed E-state index contributed by atoms with van der Waals surface area (Å²) in [5.74, 6) is -1.04. The van der Waals surface area contributed by atoms with Crippen molar-refractivity contribution in [3.8, 4) is 0 Å². The van der Waals surface area contributed by atoms with Crippen molar-refractivity contribution in [2.45, 2.75) is 53.5 Å². The fraction of sp³-hybridized carbons (Fsp3) is 0.529. The van der Waals surface area contributed by atoms with Crippen LogP contribution in [-0.4, -0.2) is 23.0 Å². The van der Waals surface area contributed by atoms with Crippen molar-refractivity contribution in [1.82, 2.24) is 5.32 Å². The zero-order valence-corrected chi connectivity index (χ0v) is 13.5. The molecule has 21 heavy (non-hydrogen) atoms. The van der Waals surface area contributed by atoms with Gasteiger partial charge in [-0.2, -0.15) is 0 Å². The van der Waals surface area contributed by atoms with Gasteiger partial charge in [0, 0.05) is 6.04 Å². The van der Waals surface area contributed by atoms with Gasteiger partial charge in [0.1, 0.15) is 0 Å². The lowest BCUT2D eigenvalue weighted by Gasteiger charge is -2.30. The van der Waals surface area contributed by atoms with Gasteiger partial charge in [-0.3, -0.25) is 9.59 Å². The number of nitrogens with one attached hydrogen (secondary N) is 1. The number of hydrogen-bond acceptors (Lipinski definition) is 2. The number of hydrogen-bond donors (Lipinski definition) is 2. The van der Waals surface area contributed by atoms with E-state index in [-0.39, 0.29) is 30.2 Å². The van der Waals surface area contributed by atoms with Crippen molar-refractivity contribution in [3.05, 3.63) is 34.9 Å². The Morgan fingerprint density at radius 1 is 1.19 bits per heavy atom. The molecular weight excluding hydrogens is 266 g/mol. The van der Waals surface area contributed by atoms with Crippen molar-refractivity contribution in [2.24, 2.45) is 5.41 Å². The molecule has 2 N–H and O–H groups in total. The highest BCUT2D eigenvalue weighted by molar-refractivity contribution is 5.80. The van der Waals surface area contributed by atoms with Gasteiger partial charge in [0.25, 0.3) is 0 Å². The Morgan fingerprint density at radius 2 is 1.81 bits per heavy atom. The second-order valence-corrected chi connectivity index (χ2v) is 6.68. The minimum Gasteiger partial charge on any atom is -0.481 e. The monoisotopic (exact) mass is 291 g/mol. The number of carbonyl (C=O) groups excluding carboxylic acids is 1. The van der Waals surface area contributed by atoms with Crippen molar-refractivity contribution in [3.63, 3.8) is 0 Å². The fourth-order valence-electron chi connectivity index (χ4n) is 2.09. The van der Waals surface area contributed by atoms with Crippen LogP contribution in [0.3, 0.4) is 0 Å². The number of carboxylic acids is 1. The highest BCUT2D eigenvalue weighted by atomic mass is 16.4. The number of rotatable bonds is 5. The van der Waals surface area contributed by atoms with E-state index >= 15 is 0 Å². The molecule has 0 aromatic heterocycles. The Labute approximate surface area is 126 Å². The van der Waals surface area contributed by atoms with E-state index in [4.69, 9.17) is 5.11 Å². The number of benzene rings is 1. The predicted molar refractivity (Wildman–Crippen MR) is 83.3 cm³/mol. The average Bonchev–Trinajstić information content (AvgIpc) is 2.31. The quantitative estimate of drug-likeness (QED) is 0.876. The van der Waals surface area contributed by atoms with Gasteiger partial charge in [-0.05, 0) is 36.0 Å². The van der Waals surface area contributed by atoms with Crippen LogP contribution in [0.4, 0.5) is 0 Å². The lowest BCUT2D eigenvalue weighted by Crippen LogP contribution is -2.45. The number of aliphatic carboxylic acids is 1. The molecule has 0 aliphatic heterocycles. The molecule has 1 atom stereocenters. The van der Waals surface area contributed by atoms with Crippen molar-refractivity contribution < 1.29 is 14.7 Å². The van der Waals surface area contributed by atoms with Gasteiger partial charge in [-0.15, -0.1) is 0 Å². The fourth-order valence-corrected chi connectivity index (χ4v) is 2.09. The number of aryl methyl sites for hydroxylation is 2. The first-order chi connectivity index (χ1) is 9.59. The van der Waals surface area contributed by atoms with Crippen molar-refractivity contribution in [2.75, 3.05) is 0 Å². The molecule has 1 aromatic carbocycles. The summed E-state index contributed by atoms with van der Waals surface area (Å²) in [6.07, 6.45) is 0.204. The molecular formula is C17H25NO3. The summed E-state index contributed by atoms with van der Waals surface area (Å²) >= 11 is 0. The van der Waals surface area contributed by atoms with E-state index < -0.39 is 5.97 Å². The Bertz CT molecular complexity index is 529. The van der Waals surface area contributed by atoms with Crippen molar-refractivity contribution >= 4 is 11.9 Å². The molecule has 4 heteroatoms. The van der Waals surface area contributed by atoms with Crippen LogP contribution in [0.2, 0.25) is 0 Å². The van der Waals surface area contributed by atoms with Crippen molar-refractivity contribution in [1.29, 1.82) is 0 Å². The van der Waals surface area contributed by atoms with E-state index in [1.54, 1.807) is 0 Å². The maximum absolute atomic E-state index is 12.1. The van der Waals surface area contributed by atoms with Gasteiger partial charge in [0.05, 0.1) is 12.8 Å². The number of carbonyl (C=O) groups is 2. The Hall–Kier alpha value is -1.84. The van der Waals surface area contributed by atoms with E-state index in [2.05, 4.69) is 5.32 Å². The first-order valence-electron chi connectivity index (χ1n) is 7.17. The average molecular weight is 291 g/mol. The Balaban J connectivity index is 2.73. The minimum atomic E-state index is -0.901. The van der Waals surface area contributed by atoms with Gasteiger partial charge in [-0.1, -0.05) is 39.0 Å². The van der Waals surface area contributed by atoms with Crippen LogP contribution >= 0.6 is 0 Å². The predicted octanol–water partition coefficient (Wildman–Crippen LogP) is 2.85. The second kappa shape index (κ2) is 6.74. The Morgan fingerprint density at radius 3 is 2.29 bits per heavy atom. The molecule has 0 bridgehead atoms. The van der Waals surface area contributed by atoms with Crippen LogP contribution in [-0.2, 0) is 16.0 Å². The summed E-state index contributed by atoms with van der Waals surface area (Å²) in [5.41, 5.74) is 2.99. The van der Waals surface area contributed by atoms with Crippen LogP contribution in [0, 0.1) is 19.3 Å². The molecule has 4 nitrogen and oxygen atoms in total. The van der Waals surface area contributed by atoms with E-state index in [0.29, 0.717) is 0 Å². The molecule has 0 saturated heterocycles. The maximum atomic E-state index is 12.1. The lowest BCUT2D eigenvalue weighted by molar-refractivity contribution is -0.138. The smallest absolute Gasteiger partial charge is 0.305 e. The zero-order chi connectivity index (χ0) is 16.2. The summed E-state index contributed by atoms with van der Waals surface area (Å²) < 4.78 is 0. The van der Waals surface area contributed by atoms with E-state index in [1.165, 1.54) is 5.56 Å². The van der Waals surface area contributed by atoms with Gasteiger partial charge >= 0.3 is 5.97 Å². The first kappa shape index (κ1) is 17.2. The zero-order valence-electron chi connectivity index (χ0n) is 13.5. The van der Waals surface area contributed by atoms with Crippen LogP contribution in [0.5, 0.6) is 0 Å². The summed E-state index contributed by atoms with van der Waals surface area (Å²) in [7, 11) is 0. The highest BCUT2D eigenvalue weighted by Crippen LogP contribution is 2.22.